The zero-order valence-corrected chi connectivity index (χ0v) is 11.2. The molecule has 106 valence electrons. The van der Waals surface area contributed by atoms with Gasteiger partial charge >= 0.3 is 5.97 Å². The number of halogens is 1. The van der Waals surface area contributed by atoms with Crippen LogP contribution >= 0.6 is 0 Å². The minimum Gasteiger partial charge on any atom is -0.485 e. The summed E-state index contributed by atoms with van der Waals surface area (Å²) in [5.41, 5.74) is 1.06. The Hall–Kier alpha value is -2.87. The van der Waals surface area contributed by atoms with E-state index in [0.29, 0.717) is 0 Å². The Bertz CT molecular complexity index is 704. The molecule has 0 aromatic heterocycles. The average Bonchev–Trinajstić information content (AvgIpc) is 2.49. The Morgan fingerprint density at radius 2 is 1.95 bits per heavy atom. The summed E-state index contributed by atoms with van der Waals surface area (Å²) in [7, 11) is 0. The second kappa shape index (κ2) is 6.06. The van der Waals surface area contributed by atoms with E-state index >= 15 is 0 Å². The van der Waals surface area contributed by atoms with Gasteiger partial charge in [0.25, 0.3) is 0 Å². The second-order valence-corrected chi connectivity index (χ2v) is 4.44. The van der Waals surface area contributed by atoms with Crippen LogP contribution in [-0.2, 0) is 0 Å². The summed E-state index contributed by atoms with van der Waals surface area (Å²) in [6.07, 6.45) is -0.398. The molecule has 0 saturated heterocycles. The number of carbonyl (C=O) groups is 1. The molecule has 5 heteroatoms. The van der Waals surface area contributed by atoms with Gasteiger partial charge in [-0.1, -0.05) is 12.1 Å². The van der Waals surface area contributed by atoms with E-state index in [4.69, 9.17) is 15.1 Å². The molecular weight excluding hydrogens is 273 g/mol. The van der Waals surface area contributed by atoms with E-state index in [1.165, 1.54) is 24.3 Å². The molecule has 0 aliphatic heterocycles. The third kappa shape index (κ3) is 3.37. The summed E-state index contributed by atoms with van der Waals surface area (Å²) >= 11 is 0. The number of nitriles is 1. The molecule has 2 rings (SSSR count). The van der Waals surface area contributed by atoms with Crippen molar-refractivity contribution in [3.63, 3.8) is 0 Å². The summed E-state index contributed by atoms with van der Waals surface area (Å²) in [4.78, 5) is 10.8. The van der Waals surface area contributed by atoms with Gasteiger partial charge in [0.05, 0.1) is 11.1 Å². The SMILES string of the molecule is CC(Oc1ccc(F)cc1C#N)c1ccc(C(=O)O)cc1. The largest absolute Gasteiger partial charge is 0.485 e. The van der Waals surface area contributed by atoms with Gasteiger partial charge in [-0.3, -0.25) is 0 Å². The maximum absolute atomic E-state index is 13.1. The molecule has 0 fully saturated rings. The highest BCUT2D eigenvalue weighted by Gasteiger charge is 2.12. The number of benzene rings is 2. The highest BCUT2D eigenvalue weighted by molar-refractivity contribution is 5.87. The quantitative estimate of drug-likeness (QED) is 0.932. The molecule has 0 aliphatic carbocycles. The highest BCUT2D eigenvalue weighted by atomic mass is 19.1. The number of carboxylic acid groups (broad SMARTS) is 1. The fraction of sp³-hybridized carbons (Fsp3) is 0.125. The van der Waals surface area contributed by atoms with Crippen molar-refractivity contribution >= 4 is 5.97 Å². The van der Waals surface area contributed by atoms with Crippen molar-refractivity contribution in [2.45, 2.75) is 13.0 Å². The lowest BCUT2D eigenvalue weighted by Gasteiger charge is -2.16. The van der Waals surface area contributed by atoms with E-state index in [9.17, 15) is 9.18 Å². The zero-order chi connectivity index (χ0) is 15.4. The zero-order valence-electron chi connectivity index (χ0n) is 11.2. The molecule has 0 radical (unpaired) electrons. The first-order valence-corrected chi connectivity index (χ1v) is 6.21. The van der Waals surface area contributed by atoms with Gasteiger partial charge in [-0.05, 0) is 42.8 Å². The Morgan fingerprint density at radius 1 is 1.29 bits per heavy atom. The van der Waals surface area contributed by atoms with Crippen LogP contribution in [-0.4, -0.2) is 11.1 Å². The fourth-order valence-electron chi connectivity index (χ4n) is 1.85. The first kappa shape index (κ1) is 14.5. The lowest BCUT2D eigenvalue weighted by Crippen LogP contribution is -2.05. The van der Waals surface area contributed by atoms with E-state index in [1.54, 1.807) is 19.1 Å². The summed E-state index contributed by atoms with van der Waals surface area (Å²) in [6, 6.07) is 11.8. The molecule has 0 spiro atoms. The maximum Gasteiger partial charge on any atom is 0.335 e. The van der Waals surface area contributed by atoms with Gasteiger partial charge in [-0.15, -0.1) is 0 Å². The smallest absolute Gasteiger partial charge is 0.335 e. The molecule has 0 bridgehead atoms. The van der Waals surface area contributed by atoms with Crippen LogP contribution in [0.25, 0.3) is 0 Å². The van der Waals surface area contributed by atoms with Gasteiger partial charge < -0.3 is 9.84 Å². The van der Waals surface area contributed by atoms with Crippen molar-refractivity contribution < 1.29 is 19.0 Å². The van der Waals surface area contributed by atoms with Crippen LogP contribution in [0.5, 0.6) is 5.75 Å². The maximum atomic E-state index is 13.1. The van der Waals surface area contributed by atoms with Crippen LogP contribution < -0.4 is 4.74 Å². The third-order valence-electron chi connectivity index (χ3n) is 2.99. The predicted octanol–water partition coefficient (Wildman–Crippen LogP) is 3.54. The standard InChI is InChI=1S/C16H12FNO3/c1-10(11-2-4-12(5-3-11)16(19)20)21-15-7-6-14(17)8-13(15)9-18/h2-8,10H,1H3,(H,19,20). The van der Waals surface area contributed by atoms with Gasteiger partial charge in [0.15, 0.2) is 0 Å². The Balaban J connectivity index is 2.20. The normalized spacial score (nSPS) is 11.5. The van der Waals surface area contributed by atoms with E-state index in [2.05, 4.69) is 0 Å². The Morgan fingerprint density at radius 3 is 2.52 bits per heavy atom. The number of aromatic carboxylic acids is 1. The van der Waals surface area contributed by atoms with Gasteiger partial charge in [0.2, 0.25) is 0 Å². The number of carboxylic acids is 1. The highest BCUT2D eigenvalue weighted by Crippen LogP contribution is 2.25. The molecule has 1 unspecified atom stereocenters. The van der Waals surface area contributed by atoms with Crippen molar-refractivity contribution in [1.82, 2.24) is 0 Å². The van der Waals surface area contributed by atoms with Gasteiger partial charge in [0, 0.05) is 0 Å². The van der Waals surface area contributed by atoms with E-state index < -0.39 is 17.9 Å². The van der Waals surface area contributed by atoms with Crippen molar-refractivity contribution in [2.75, 3.05) is 0 Å². The molecule has 1 N–H and O–H groups in total. The summed E-state index contributed by atoms with van der Waals surface area (Å²) in [6.45, 7) is 1.76. The van der Waals surface area contributed by atoms with Gasteiger partial charge in [-0.25, -0.2) is 9.18 Å². The summed E-state index contributed by atoms with van der Waals surface area (Å²) in [5.74, 6) is -1.22. The van der Waals surface area contributed by atoms with Gasteiger partial charge in [0.1, 0.15) is 23.7 Å². The molecule has 0 aliphatic rings. The third-order valence-corrected chi connectivity index (χ3v) is 2.99. The van der Waals surface area contributed by atoms with Crippen LogP contribution in [0.2, 0.25) is 0 Å². The van der Waals surface area contributed by atoms with Crippen LogP contribution in [0.15, 0.2) is 42.5 Å². The summed E-state index contributed by atoms with van der Waals surface area (Å²) in [5, 5.41) is 17.8. The monoisotopic (exact) mass is 285 g/mol. The number of ether oxygens (including phenoxy) is 1. The number of rotatable bonds is 4. The molecule has 4 nitrogen and oxygen atoms in total. The molecule has 2 aromatic carbocycles. The predicted molar refractivity (Wildman–Crippen MR) is 73.6 cm³/mol. The Kier molecular flexibility index (Phi) is 4.19. The molecule has 21 heavy (non-hydrogen) atoms. The van der Waals surface area contributed by atoms with E-state index in [1.807, 2.05) is 6.07 Å². The molecule has 0 amide bonds. The second-order valence-electron chi connectivity index (χ2n) is 4.44. The molecule has 0 saturated carbocycles. The van der Waals surface area contributed by atoms with Crippen molar-refractivity contribution in [2.24, 2.45) is 0 Å². The summed E-state index contributed by atoms with van der Waals surface area (Å²) < 4.78 is 18.7. The lowest BCUT2D eigenvalue weighted by atomic mass is 10.1. The number of hydrogen-bond acceptors (Lipinski definition) is 3. The number of nitrogens with zero attached hydrogens (tertiary/aromatic N) is 1. The minimum absolute atomic E-state index is 0.115. The molecule has 1 atom stereocenters. The van der Waals surface area contributed by atoms with Crippen molar-refractivity contribution in [3.05, 3.63) is 65.0 Å². The van der Waals surface area contributed by atoms with E-state index in [-0.39, 0.29) is 16.9 Å². The first-order valence-electron chi connectivity index (χ1n) is 6.21. The van der Waals surface area contributed by atoms with Crippen LogP contribution in [0, 0.1) is 17.1 Å². The average molecular weight is 285 g/mol. The van der Waals surface area contributed by atoms with Crippen molar-refractivity contribution in [1.29, 1.82) is 5.26 Å². The molecular formula is C16H12FNO3. The van der Waals surface area contributed by atoms with Crippen molar-refractivity contribution in [3.8, 4) is 11.8 Å². The van der Waals surface area contributed by atoms with Crippen LogP contribution in [0.1, 0.15) is 34.5 Å². The minimum atomic E-state index is -1.000. The van der Waals surface area contributed by atoms with Gasteiger partial charge in [-0.2, -0.15) is 5.26 Å². The molecule has 0 heterocycles. The Labute approximate surface area is 121 Å². The molecule has 2 aromatic rings. The topological polar surface area (TPSA) is 70.3 Å². The number of hydrogen-bond donors (Lipinski definition) is 1. The van der Waals surface area contributed by atoms with E-state index in [0.717, 1.165) is 11.6 Å². The fourth-order valence-corrected chi connectivity index (χ4v) is 1.85. The van der Waals surface area contributed by atoms with Crippen LogP contribution in [0.3, 0.4) is 0 Å². The van der Waals surface area contributed by atoms with Crippen LogP contribution in [0.4, 0.5) is 4.39 Å². The first-order chi connectivity index (χ1) is 10.0. The lowest BCUT2D eigenvalue weighted by molar-refractivity contribution is 0.0696.